The van der Waals surface area contributed by atoms with Crippen molar-refractivity contribution < 1.29 is 8.83 Å². The van der Waals surface area contributed by atoms with Crippen LogP contribution >= 0.6 is 0 Å². The third-order valence-electron chi connectivity index (χ3n) is 20.8. The Morgan fingerprint density at radius 1 is 0.321 bits per heavy atom. The van der Waals surface area contributed by atoms with Gasteiger partial charge in [-0.1, -0.05) is 146 Å². The molecule has 5 heteroatoms. The van der Waals surface area contributed by atoms with Gasteiger partial charge in [0.2, 0.25) is 0 Å². The van der Waals surface area contributed by atoms with E-state index in [1.807, 2.05) is 0 Å². The van der Waals surface area contributed by atoms with Gasteiger partial charge in [0.15, 0.2) is 17.5 Å². The summed E-state index contributed by atoms with van der Waals surface area (Å²) in [7, 11) is 0. The van der Waals surface area contributed by atoms with Gasteiger partial charge in [0.1, 0.15) is 22.3 Å². The van der Waals surface area contributed by atoms with E-state index < -0.39 is 0 Å². The summed E-state index contributed by atoms with van der Waals surface area (Å²) >= 11 is 0. The average molecular weight is 1010 g/mol. The Hall–Kier alpha value is -7.89. The number of fused-ring (bicyclic) bond motifs is 10. The van der Waals surface area contributed by atoms with E-state index in [0.717, 1.165) is 112 Å². The van der Waals surface area contributed by atoms with Gasteiger partial charge in [-0.3, -0.25) is 0 Å². The molecule has 3 heterocycles. The first-order valence-electron chi connectivity index (χ1n) is 29.2. The van der Waals surface area contributed by atoms with Gasteiger partial charge in [-0.25, -0.2) is 15.0 Å². The molecule has 8 bridgehead atoms. The molecule has 78 heavy (non-hydrogen) atoms. The maximum atomic E-state index is 6.99. The Morgan fingerprint density at radius 3 is 1.40 bits per heavy atom. The van der Waals surface area contributed by atoms with E-state index in [9.17, 15) is 0 Å². The summed E-state index contributed by atoms with van der Waals surface area (Å²) < 4.78 is 13.9. The minimum absolute atomic E-state index is 0.383. The molecule has 8 saturated carbocycles. The fourth-order valence-corrected chi connectivity index (χ4v) is 18.2. The summed E-state index contributed by atoms with van der Waals surface area (Å²) in [5.74, 6) is 7.25. The number of aromatic nitrogens is 3. The summed E-state index contributed by atoms with van der Waals surface area (Å²) in [4.78, 5) is 16.2. The van der Waals surface area contributed by atoms with Gasteiger partial charge in [-0.15, -0.1) is 0 Å². The van der Waals surface area contributed by atoms with Gasteiger partial charge >= 0.3 is 0 Å². The smallest absolute Gasteiger partial charge is 0.167 e. The van der Waals surface area contributed by atoms with E-state index in [1.54, 1.807) is 11.1 Å². The summed E-state index contributed by atoms with van der Waals surface area (Å²) in [6.45, 7) is 0. The van der Waals surface area contributed by atoms with Gasteiger partial charge in [0, 0.05) is 27.1 Å². The molecule has 0 spiro atoms. The number of benzene rings is 9. The second kappa shape index (κ2) is 16.3. The Bertz CT molecular complexity index is 4380. The first kappa shape index (κ1) is 44.1. The number of hydrogen-bond acceptors (Lipinski definition) is 5. The molecule has 0 radical (unpaired) electrons. The Kier molecular flexibility index (Phi) is 9.24. The van der Waals surface area contributed by atoms with Gasteiger partial charge in [0.05, 0.1) is 11.1 Å². The lowest BCUT2D eigenvalue weighted by molar-refractivity contribution is -0.00530. The van der Waals surface area contributed by atoms with Gasteiger partial charge < -0.3 is 8.83 Å². The minimum Gasteiger partial charge on any atom is -0.455 e. The van der Waals surface area contributed by atoms with Crippen molar-refractivity contribution in [2.75, 3.05) is 0 Å². The summed E-state index contributed by atoms with van der Waals surface area (Å²) in [5.41, 5.74) is 14.5. The quantitative estimate of drug-likeness (QED) is 0.159. The average Bonchev–Trinajstić information content (AvgIpc) is 4.23. The molecule has 12 aromatic rings. The molecule has 8 aliphatic carbocycles. The highest BCUT2D eigenvalue weighted by atomic mass is 16.3. The van der Waals surface area contributed by atoms with Crippen molar-refractivity contribution >= 4 is 65.4 Å². The normalized spacial score (nSPS) is 25.9. The third-order valence-corrected chi connectivity index (χ3v) is 20.8. The molecule has 0 atom stereocenters. The first-order valence-corrected chi connectivity index (χ1v) is 29.2. The fourth-order valence-electron chi connectivity index (χ4n) is 18.2. The monoisotopic (exact) mass is 1010 g/mol. The van der Waals surface area contributed by atoms with Crippen molar-refractivity contribution in [3.8, 4) is 56.4 Å². The molecule has 5 nitrogen and oxygen atoms in total. The number of rotatable bonds is 7. The molecule has 8 aliphatic rings. The van der Waals surface area contributed by atoms with Crippen LogP contribution in [0.3, 0.4) is 0 Å². The summed E-state index contributed by atoms with van der Waals surface area (Å²) in [6, 6.07) is 64.8. The predicted molar refractivity (Wildman–Crippen MR) is 316 cm³/mol. The molecular weight excluding hydrogens is 951 g/mol. The maximum Gasteiger partial charge on any atom is 0.167 e. The zero-order valence-electron chi connectivity index (χ0n) is 43.9. The van der Waals surface area contributed by atoms with Crippen LogP contribution in [0, 0.1) is 35.5 Å². The first-order chi connectivity index (χ1) is 38.4. The van der Waals surface area contributed by atoms with E-state index in [1.165, 1.54) is 105 Å². The lowest BCUT2D eigenvalue weighted by atomic mass is 9.48. The van der Waals surface area contributed by atoms with Crippen LogP contribution < -0.4 is 0 Å². The van der Waals surface area contributed by atoms with Crippen LogP contribution in [-0.2, 0) is 10.8 Å². The van der Waals surface area contributed by atoms with Gasteiger partial charge in [-0.05, 0) is 209 Å². The van der Waals surface area contributed by atoms with E-state index in [4.69, 9.17) is 23.8 Å². The molecule has 0 amide bonds. The zero-order chi connectivity index (χ0) is 50.8. The second-order valence-electron chi connectivity index (χ2n) is 25.5. The van der Waals surface area contributed by atoms with Crippen LogP contribution in [0.25, 0.3) is 122 Å². The topological polar surface area (TPSA) is 65.0 Å². The van der Waals surface area contributed by atoms with Crippen molar-refractivity contribution in [3.05, 3.63) is 187 Å². The van der Waals surface area contributed by atoms with Crippen molar-refractivity contribution in [1.82, 2.24) is 15.0 Å². The molecular formula is C73H59N3O2. The molecule has 20 rings (SSSR count). The van der Waals surface area contributed by atoms with E-state index >= 15 is 0 Å². The Balaban J connectivity index is 0.760. The third kappa shape index (κ3) is 6.69. The van der Waals surface area contributed by atoms with Crippen LogP contribution in [0.4, 0.5) is 0 Å². The molecule has 8 fully saturated rings. The molecule has 9 aromatic carbocycles. The summed E-state index contributed by atoms with van der Waals surface area (Å²) in [6.07, 6.45) is 17.1. The van der Waals surface area contributed by atoms with Crippen LogP contribution in [-0.4, -0.2) is 15.0 Å². The van der Waals surface area contributed by atoms with Crippen LogP contribution in [0.15, 0.2) is 185 Å². The van der Waals surface area contributed by atoms with E-state index in [-0.39, 0.29) is 0 Å². The van der Waals surface area contributed by atoms with Crippen molar-refractivity contribution in [2.45, 2.75) is 87.9 Å². The number of furan rings is 2. The van der Waals surface area contributed by atoms with Crippen molar-refractivity contribution in [2.24, 2.45) is 35.5 Å². The molecule has 0 N–H and O–H groups in total. The standard InChI is InChI=1S/C73H59N3O2/c1-3-8-57-51(6-1)20-27-64-65(57)66-58-9-4-2-7-54(58)35-62(68(66)78-64)71-75-69(52-14-12-48(13-15-52)49-16-22-55(23-17-49)72-36-42-28-43(37-72)30-44(29-42)38-72)74-70(76-71)60-11-5-10-59-61-34-53(21-26-63(61)77-67(59)60)50-18-24-56(25-19-50)73-39-45-31-46(40-73)33-47(32-45)41-73/h1-27,34-35,42-47H,28-33,36-41H2. The predicted octanol–water partition coefficient (Wildman–Crippen LogP) is 19.2. The highest BCUT2D eigenvalue weighted by Gasteiger charge is 2.53. The number of nitrogens with zero attached hydrogens (tertiary/aromatic N) is 3. The van der Waals surface area contributed by atoms with Crippen LogP contribution in [0.5, 0.6) is 0 Å². The lowest BCUT2D eigenvalue weighted by Crippen LogP contribution is -2.48. The SMILES string of the molecule is c1ccc2c(c1)ccc1oc3c(-c4nc(-c5ccc(-c6ccc(C78CC9CC(CC(C9)C7)C8)cc6)cc5)nc(-c5cccc6c5oc5ccc(-c7ccc(C89CC%10CC(CC(C%10)C8)C9)cc7)cc56)n4)cc4ccccc4c3c12. The molecule has 3 aromatic heterocycles. The van der Waals surface area contributed by atoms with Crippen LogP contribution in [0.1, 0.15) is 88.2 Å². The molecule has 0 saturated heterocycles. The van der Waals surface area contributed by atoms with E-state index in [0.29, 0.717) is 28.3 Å². The molecule has 0 unspecified atom stereocenters. The van der Waals surface area contributed by atoms with Crippen molar-refractivity contribution in [3.63, 3.8) is 0 Å². The zero-order valence-corrected chi connectivity index (χ0v) is 43.9. The summed E-state index contributed by atoms with van der Waals surface area (Å²) in [5, 5.41) is 8.83. The lowest BCUT2D eigenvalue weighted by Gasteiger charge is -2.57. The Labute approximate surface area is 453 Å². The van der Waals surface area contributed by atoms with Gasteiger partial charge in [0.25, 0.3) is 0 Å². The van der Waals surface area contributed by atoms with Crippen molar-refractivity contribution in [1.29, 1.82) is 0 Å². The highest BCUT2D eigenvalue weighted by Crippen LogP contribution is 2.62. The van der Waals surface area contributed by atoms with Gasteiger partial charge in [-0.2, -0.15) is 0 Å². The molecule has 378 valence electrons. The maximum absolute atomic E-state index is 6.99. The minimum atomic E-state index is 0.383. The number of hydrogen-bond donors (Lipinski definition) is 0. The second-order valence-corrected chi connectivity index (χ2v) is 25.5. The van der Waals surface area contributed by atoms with Crippen LogP contribution in [0.2, 0.25) is 0 Å². The molecule has 0 aliphatic heterocycles. The fraction of sp³-hybridized carbons (Fsp3) is 0.274. The highest BCUT2D eigenvalue weighted by molar-refractivity contribution is 6.28. The number of para-hydroxylation sites is 1. The Morgan fingerprint density at radius 2 is 0.782 bits per heavy atom. The van der Waals surface area contributed by atoms with E-state index in [2.05, 4.69) is 176 Å². The largest absolute Gasteiger partial charge is 0.455 e.